The molecule has 3 heterocycles. The van der Waals surface area contributed by atoms with Crippen LogP contribution in [0.15, 0.2) is 53.8 Å². The van der Waals surface area contributed by atoms with Gasteiger partial charge in [-0.3, -0.25) is 4.79 Å². The van der Waals surface area contributed by atoms with Crippen LogP contribution in [0.4, 0.5) is 0 Å². The van der Waals surface area contributed by atoms with Crippen molar-refractivity contribution in [2.45, 2.75) is 20.1 Å². The Morgan fingerprint density at radius 1 is 1.30 bits per heavy atom. The van der Waals surface area contributed by atoms with E-state index in [9.17, 15) is 4.79 Å². The van der Waals surface area contributed by atoms with E-state index in [1.807, 2.05) is 56.4 Å². The summed E-state index contributed by atoms with van der Waals surface area (Å²) in [6, 6.07) is 11.6. The van der Waals surface area contributed by atoms with E-state index in [1.54, 1.807) is 10.7 Å². The molecule has 4 rings (SSSR count). The van der Waals surface area contributed by atoms with Crippen molar-refractivity contribution in [3.63, 3.8) is 0 Å². The number of hydroxylamine groups is 1. The lowest BCUT2D eigenvalue weighted by Crippen LogP contribution is -2.34. The zero-order valence-electron chi connectivity index (χ0n) is 15.1. The fourth-order valence-electron chi connectivity index (χ4n) is 2.73. The van der Waals surface area contributed by atoms with E-state index in [1.165, 1.54) is 0 Å². The molecule has 1 aromatic carbocycles. The van der Waals surface area contributed by atoms with Crippen LogP contribution in [0.5, 0.6) is 0 Å². The number of nitrogens with one attached hydrogen (secondary N) is 2. The van der Waals surface area contributed by atoms with Crippen LogP contribution >= 0.6 is 0 Å². The molecular formula is C19H20N6O2. The number of carbonyl (C=O) groups excluding carboxylic acids is 1. The molecule has 0 saturated carbocycles. The molecule has 2 aromatic heterocycles. The predicted octanol–water partition coefficient (Wildman–Crippen LogP) is 1.78. The van der Waals surface area contributed by atoms with Crippen molar-refractivity contribution in [3.8, 4) is 11.3 Å². The number of imidazole rings is 1. The minimum absolute atomic E-state index is 0.0234. The van der Waals surface area contributed by atoms with Crippen LogP contribution in [-0.2, 0) is 9.63 Å². The van der Waals surface area contributed by atoms with Gasteiger partial charge in [0.05, 0.1) is 18.4 Å². The van der Waals surface area contributed by atoms with Gasteiger partial charge >= 0.3 is 0 Å². The Kier molecular flexibility index (Phi) is 4.55. The second kappa shape index (κ2) is 7.16. The number of aromatic nitrogens is 3. The second-order valence-corrected chi connectivity index (χ2v) is 6.59. The number of amides is 1. The third kappa shape index (κ3) is 3.65. The predicted molar refractivity (Wildman–Crippen MR) is 101 cm³/mol. The molecule has 1 aliphatic rings. The standard InChI is InChI=1S/C19H20N6O2/c1-12(2)19(26)20-10-17-23-18(24-27-17)14-6-3-5-13(9-14)15-11-25-16(22-15)7-4-8-21-25/h3-9,11-12,17H,10H2,1-2H3,(H,20,26)(H,23,24). The van der Waals surface area contributed by atoms with Crippen molar-refractivity contribution in [2.24, 2.45) is 10.9 Å². The summed E-state index contributed by atoms with van der Waals surface area (Å²) < 4.78 is 1.74. The smallest absolute Gasteiger partial charge is 0.222 e. The molecule has 0 spiro atoms. The number of hydrogen-bond acceptors (Lipinski definition) is 6. The summed E-state index contributed by atoms with van der Waals surface area (Å²) in [4.78, 5) is 26.2. The lowest BCUT2D eigenvalue weighted by Gasteiger charge is -2.09. The number of fused-ring (bicyclic) bond motifs is 1. The number of hydrogen-bond donors (Lipinski definition) is 2. The maximum absolute atomic E-state index is 11.7. The maximum Gasteiger partial charge on any atom is 0.222 e. The number of carbonyl (C=O) groups is 1. The molecule has 1 atom stereocenters. The fourth-order valence-corrected chi connectivity index (χ4v) is 2.73. The van der Waals surface area contributed by atoms with Crippen LogP contribution < -0.4 is 10.8 Å². The molecule has 0 aliphatic carbocycles. The van der Waals surface area contributed by atoms with E-state index in [0.29, 0.717) is 12.4 Å². The van der Waals surface area contributed by atoms with Crippen LogP contribution in [0.1, 0.15) is 19.4 Å². The van der Waals surface area contributed by atoms with E-state index in [4.69, 9.17) is 4.84 Å². The van der Waals surface area contributed by atoms with E-state index in [2.05, 4.69) is 25.9 Å². The molecule has 3 aromatic rings. The van der Waals surface area contributed by atoms with E-state index in [-0.39, 0.29) is 11.8 Å². The van der Waals surface area contributed by atoms with Gasteiger partial charge in [0.2, 0.25) is 5.91 Å². The summed E-state index contributed by atoms with van der Waals surface area (Å²) in [5, 5.41) is 7.07. The van der Waals surface area contributed by atoms with Gasteiger partial charge < -0.3 is 5.32 Å². The molecule has 0 bridgehead atoms. The van der Waals surface area contributed by atoms with E-state index in [0.717, 1.165) is 22.5 Å². The molecular weight excluding hydrogens is 344 g/mol. The molecule has 1 aliphatic heterocycles. The number of rotatable bonds is 5. The number of nitrogens with zero attached hydrogens (tertiary/aromatic N) is 4. The summed E-state index contributed by atoms with van der Waals surface area (Å²) in [6.07, 6.45) is 3.16. The molecule has 27 heavy (non-hydrogen) atoms. The van der Waals surface area contributed by atoms with Crippen LogP contribution in [0.25, 0.3) is 16.9 Å². The summed E-state index contributed by atoms with van der Waals surface area (Å²) in [6.45, 7) is 4.02. The van der Waals surface area contributed by atoms with Crippen molar-refractivity contribution in [1.82, 2.24) is 25.4 Å². The summed E-state index contributed by atoms with van der Waals surface area (Å²) in [5.74, 6) is 0.534. The Morgan fingerprint density at radius 2 is 2.15 bits per heavy atom. The molecule has 1 amide bonds. The van der Waals surface area contributed by atoms with E-state index >= 15 is 0 Å². The van der Waals surface area contributed by atoms with Crippen LogP contribution in [0, 0.1) is 5.92 Å². The second-order valence-electron chi connectivity index (χ2n) is 6.59. The molecule has 0 fully saturated rings. The maximum atomic E-state index is 11.7. The van der Waals surface area contributed by atoms with Crippen LogP contribution in [0.3, 0.4) is 0 Å². The largest absolute Gasteiger partial charge is 0.351 e. The first-order valence-corrected chi connectivity index (χ1v) is 8.78. The quantitative estimate of drug-likeness (QED) is 0.720. The van der Waals surface area contributed by atoms with Crippen molar-refractivity contribution in [3.05, 3.63) is 54.4 Å². The summed E-state index contributed by atoms with van der Waals surface area (Å²) >= 11 is 0. The lowest BCUT2D eigenvalue weighted by atomic mass is 10.1. The Labute approximate surface area is 156 Å². The third-order valence-corrected chi connectivity index (χ3v) is 4.21. The van der Waals surface area contributed by atoms with Crippen molar-refractivity contribution in [2.75, 3.05) is 6.54 Å². The summed E-state index contributed by atoms with van der Waals surface area (Å²) in [7, 11) is 0. The van der Waals surface area contributed by atoms with Crippen molar-refractivity contribution < 1.29 is 9.63 Å². The zero-order chi connectivity index (χ0) is 18.8. The van der Waals surface area contributed by atoms with Gasteiger partial charge in [-0.2, -0.15) is 5.10 Å². The average molecular weight is 364 g/mol. The molecule has 0 radical (unpaired) electrons. The number of amidine groups is 1. The SMILES string of the molecule is CC(C)C(=O)NCC1N=C(c2cccc(-c3cn4ncccc4n3)c2)NO1. The highest BCUT2D eigenvalue weighted by Gasteiger charge is 2.20. The van der Waals surface area contributed by atoms with Gasteiger partial charge in [0.25, 0.3) is 0 Å². The molecule has 2 N–H and O–H groups in total. The first kappa shape index (κ1) is 17.2. The highest BCUT2D eigenvalue weighted by molar-refractivity contribution is 5.99. The van der Waals surface area contributed by atoms with Crippen molar-refractivity contribution >= 4 is 17.4 Å². The van der Waals surface area contributed by atoms with Gasteiger partial charge in [-0.15, -0.1) is 0 Å². The zero-order valence-corrected chi connectivity index (χ0v) is 15.1. The minimum Gasteiger partial charge on any atom is -0.351 e. The minimum atomic E-state index is -0.453. The van der Waals surface area contributed by atoms with Gasteiger partial charge in [0.15, 0.2) is 17.7 Å². The topological polar surface area (TPSA) is 92.9 Å². The van der Waals surface area contributed by atoms with Gasteiger partial charge in [-0.1, -0.05) is 32.0 Å². The first-order chi connectivity index (χ1) is 13.1. The molecule has 0 saturated heterocycles. The Morgan fingerprint density at radius 3 is 2.96 bits per heavy atom. The number of aliphatic imine (C=N–C) groups is 1. The average Bonchev–Trinajstić information content (AvgIpc) is 3.33. The molecule has 8 nitrogen and oxygen atoms in total. The Bertz CT molecular complexity index is 977. The molecule has 1 unspecified atom stereocenters. The Hall–Kier alpha value is -3.26. The number of benzene rings is 1. The summed E-state index contributed by atoms with van der Waals surface area (Å²) in [5.41, 5.74) is 6.30. The lowest BCUT2D eigenvalue weighted by molar-refractivity contribution is -0.124. The molecule has 138 valence electrons. The van der Waals surface area contributed by atoms with Gasteiger partial charge in [0.1, 0.15) is 0 Å². The van der Waals surface area contributed by atoms with Crippen LogP contribution in [-0.4, -0.2) is 39.1 Å². The van der Waals surface area contributed by atoms with Crippen LogP contribution in [0.2, 0.25) is 0 Å². The normalized spacial score (nSPS) is 16.4. The highest BCUT2D eigenvalue weighted by Crippen LogP contribution is 2.21. The van der Waals surface area contributed by atoms with Crippen molar-refractivity contribution in [1.29, 1.82) is 0 Å². The monoisotopic (exact) mass is 364 g/mol. The first-order valence-electron chi connectivity index (χ1n) is 8.78. The van der Waals surface area contributed by atoms with Gasteiger partial charge in [-0.25, -0.2) is 24.8 Å². The van der Waals surface area contributed by atoms with Gasteiger partial charge in [-0.05, 0) is 18.2 Å². The van der Waals surface area contributed by atoms with E-state index < -0.39 is 6.23 Å². The third-order valence-electron chi connectivity index (χ3n) is 4.21. The molecule has 8 heteroatoms. The van der Waals surface area contributed by atoms with Gasteiger partial charge in [0, 0.05) is 23.2 Å². The Balaban J connectivity index is 1.52. The highest BCUT2D eigenvalue weighted by atomic mass is 16.7. The fraction of sp³-hybridized carbons (Fsp3) is 0.263.